The quantitative estimate of drug-likeness (QED) is 0.393. The second kappa shape index (κ2) is 6.64. The topological polar surface area (TPSA) is 69.6 Å². The highest BCUT2D eigenvalue weighted by Gasteiger charge is 2.56. The second-order valence-corrected chi connectivity index (χ2v) is 6.27. The van der Waals surface area contributed by atoms with E-state index in [0.717, 1.165) is 25.7 Å². The van der Waals surface area contributed by atoms with E-state index in [-0.39, 0.29) is 17.7 Å². The number of fused-ring (bicyclic) bond motifs is 1. The Morgan fingerprint density at radius 2 is 2.33 bits per heavy atom. The fourth-order valence-corrected chi connectivity index (χ4v) is 3.59. The van der Waals surface area contributed by atoms with Gasteiger partial charge in [0.05, 0.1) is 12.2 Å². The van der Waals surface area contributed by atoms with Crippen LogP contribution in [0.5, 0.6) is 0 Å². The Balaban J connectivity index is 2.00. The third-order valence-corrected chi connectivity index (χ3v) is 4.76. The van der Waals surface area contributed by atoms with Gasteiger partial charge in [-0.3, -0.25) is 4.79 Å². The molecule has 4 nitrogen and oxygen atoms in total. The molecule has 2 rings (SSSR count). The molecular formula is C17H25NO3. The minimum Gasteiger partial charge on any atom is -0.392 e. The third kappa shape index (κ3) is 3.30. The van der Waals surface area contributed by atoms with Gasteiger partial charge in [-0.25, -0.2) is 0 Å². The Morgan fingerprint density at radius 3 is 3.00 bits per heavy atom. The highest BCUT2D eigenvalue weighted by Crippen LogP contribution is 2.46. The number of terminal acetylenes is 1. The number of carbonyl (C=O) groups excluding carboxylic acids is 1. The summed E-state index contributed by atoms with van der Waals surface area (Å²) >= 11 is 0. The summed E-state index contributed by atoms with van der Waals surface area (Å²) in [5.41, 5.74) is -0.710. The Morgan fingerprint density at radius 1 is 1.57 bits per heavy atom. The molecule has 5 unspecified atom stereocenters. The zero-order valence-corrected chi connectivity index (χ0v) is 12.6. The van der Waals surface area contributed by atoms with Crippen molar-refractivity contribution in [3.8, 4) is 12.3 Å². The summed E-state index contributed by atoms with van der Waals surface area (Å²) in [4.78, 5) is 11.6. The summed E-state index contributed by atoms with van der Waals surface area (Å²) in [6.45, 7) is 2.13. The number of carbonyl (C=O) groups is 1. The molecule has 3 N–H and O–H groups in total. The summed E-state index contributed by atoms with van der Waals surface area (Å²) in [6, 6.07) is 0. The fourth-order valence-electron chi connectivity index (χ4n) is 3.59. The van der Waals surface area contributed by atoms with E-state index in [1.165, 1.54) is 0 Å². The molecule has 0 aromatic heterocycles. The fraction of sp³-hybridized carbons (Fsp3) is 0.706. The van der Waals surface area contributed by atoms with Gasteiger partial charge < -0.3 is 15.5 Å². The average molecular weight is 291 g/mol. The van der Waals surface area contributed by atoms with Crippen molar-refractivity contribution in [2.45, 2.75) is 63.2 Å². The van der Waals surface area contributed by atoms with Crippen LogP contribution in [0.2, 0.25) is 0 Å². The molecule has 1 saturated carbocycles. The van der Waals surface area contributed by atoms with Crippen LogP contribution in [0.15, 0.2) is 12.2 Å². The van der Waals surface area contributed by atoms with Crippen molar-refractivity contribution >= 4 is 5.91 Å². The largest absolute Gasteiger partial charge is 0.392 e. The van der Waals surface area contributed by atoms with Gasteiger partial charge in [-0.05, 0) is 6.42 Å². The van der Waals surface area contributed by atoms with E-state index in [9.17, 15) is 15.0 Å². The molecule has 2 aliphatic rings. The first kappa shape index (κ1) is 16.1. The lowest BCUT2D eigenvalue weighted by Crippen LogP contribution is -2.42. The molecule has 0 bridgehead atoms. The van der Waals surface area contributed by atoms with Crippen LogP contribution in [0, 0.1) is 24.2 Å². The summed E-state index contributed by atoms with van der Waals surface area (Å²) in [5, 5.41) is 23.0. The number of aliphatic hydroxyl groups excluding tert-OH is 2. The summed E-state index contributed by atoms with van der Waals surface area (Å²) in [5.74, 6) is 2.38. The van der Waals surface area contributed by atoms with E-state index in [0.29, 0.717) is 12.8 Å². The normalized spacial score (nSPS) is 36.5. The molecule has 116 valence electrons. The second-order valence-electron chi connectivity index (χ2n) is 6.27. The molecule has 1 aliphatic carbocycles. The van der Waals surface area contributed by atoms with Gasteiger partial charge in [0.2, 0.25) is 5.91 Å². The molecule has 21 heavy (non-hydrogen) atoms. The van der Waals surface area contributed by atoms with Gasteiger partial charge in [-0.1, -0.05) is 44.3 Å². The molecular weight excluding hydrogens is 266 g/mol. The van der Waals surface area contributed by atoms with Gasteiger partial charge in [0.1, 0.15) is 5.54 Å². The molecule has 0 spiro atoms. The predicted molar refractivity (Wildman–Crippen MR) is 81.2 cm³/mol. The van der Waals surface area contributed by atoms with E-state index in [1.54, 1.807) is 6.08 Å². The Kier molecular flexibility index (Phi) is 5.08. The number of unbranched alkanes of at least 4 members (excludes halogenated alkanes) is 2. The van der Waals surface area contributed by atoms with Crippen LogP contribution in [0.25, 0.3) is 0 Å². The zero-order chi connectivity index (χ0) is 15.5. The van der Waals surface area contributed by atoms with E-state index >= 15 is 0 Å². The lowest BCUT2D eigenvalue weighted by molar-refractivity contribution is -0.120. The SMILES string of the molecule is C#CC12CC(O)C(C=CC(O)CCCCC)C1CC(=O)N2. The predicted octanol–water partition coefficient (Wildman–Crippen LogP) is 1.37. The summed E-state index contributed by atoms with van der Waals surface area (Å²) in [7, 11) is 0. The Hall–Kier alpha value is -1.31. The lowest BCUT2D eigenvalue weighted by atomic mass is 9.84. The zero-order valence-electron chi connectivity index (χ0n) is 12.6. The first-order chi connectivity index (χ1) is 10.0. The maximum Gasteiger partial charge on any atom is 0.221 e. The molecule has 1 saturated heterocycles. The van der Waals surface area contributed by atoms with Crippen LogP contribution >= 0.6 is 0 Å². The number of amides is 1. The van der Waals surface area contributed by atoms with Crippen molar-refractivity contribution in [1.29, 1.82) is 0 Å². The smallest absolute Gasteiger partial charge is 0.221 e. The number of hydrogen-bond donors (Lipinski definition) is 3. The number of aliphatic hydroxyl groups is 2. The van der Waals surface area contributed by atoms with Gasteiger partial charge in [0, 0.05) is 24.7 Å². The number of rotatable bonds is 6. The van der Waals surface area contributed by atoms with Crippen molar-refractivity contribution in [2.24, 2.45) is 11.8 Å². The molecule has 4 heteroatoms. The van der Waals surface area contributed by atoms with Crippen LogP contribution in [-0.4, -0.2) is 33.9 Å². The van der Waals surface area contributed by atoms with Crippen molar-refractivity contribution in [1.82, 2.24) is 5.32 Å². The van der Waals surface area contributed by atoms with E-state index < -0.39 is 17.7 Å². The van der Waals surface area contributed by atoms with Crippen molar-refractivity contribution < 1.29 is 15.0 Å². The van der Waals surface area contributed by atoms with Crippen molar-refractivity contribution in [3.63, 3.8) is 0 Å². The van der Waals surface area contributed by atoms with E-state index in [1.807, 2.05) is 6.08 Å². The Labute approximate surface area is 126 Å². The molecule has 2 fully saturated rings. The monoisotopic (exact) mass is 291 g/mol. The maximum absolute atomic E-state index is 11.6. The van der Waals surface area contributed by atoms with Crippen LogP contribution < -0.4 is 5.32 Å². The van der Waals surface area contributed by atoms with Crippen LogP contribution in [0.4, 0.5) is 0 Å². The van der Waals surface area contributed by atoms with Crippen molar-refractivity contribution in [3.05, 3.63) is 12.2 Å². The standard InChI is InChI=1S/C17H25NO3/c1-3-5-6-7-12(19)8-9-13-14-10-16(21)18-17(14,4-2)11-15(13)20/h2,8-9,12-15,19-20H,3,5-7,10-11H2,1H3,(H,18,21). The molecule has 5 atom stereocenters. The highest BCUT2D eigenvalue weighted by molar-refractivity contribution is 5.81. The minimum absolute atomic E-state index is 0.0493. The molecule has 1 amide bonds. The van der Waals surface area contributed by atoms with Gasteiger partial charge in [-0.15, -0.1) is 6.42 Å². The van der Waals surface area contributed by atoms with Crippen molar-refractivity contribution in [2.75, 3.05) is 0 Å². The molecule has 0 radical (unpaired) electrons. The molecule has 1 heterocycles. The third-order valence-electron chi connectivity index (χ3n) is 4.76. The van der Waals surface area contributed by atoms with E-state index in [4.69, 9.17) is 6.42 Å². The summed E-state index contributed by atoms with van der Waals surface area (Å²) in [6.07, 6.45) is 12.8. The molecule has 0 aromatic carbocycles. The molecule has 1 aliphatic heterocycles. The van der Waals surface area contributed by atoms with Gasteiger partial charge in [0.15, 0.2) is 0 Å². The minimum atomic E-state index is -0.710. The van der Waals surface area contributed by atoms with E-state index in [2.05, 4.69) is 18.2 Å². The van der Waals surface area contributed by atoms with Gasteiger partial charge in [0.25, 0.3) is 0 Å². The molecule has 0 aromatic rings. The van der Waals surface area contributed by atoms with Crippen LogP contribution in [0.1, 0.15) is 45.4 Å². The lowest BCUT2D eigenvalue weighted by Gasteiger charge is -2.23. The summed E-state index contributed by atoms with van der Waals surface area (Å²) < 4.78 is 0. The highest BCUT2D eigenvalue weighted by atomic mass is 16.3. The number of nitrogens with one attached hydrogen (secondary N) is 1. The Bertz CT molecular complexity index is 453. The van der Waals surface area contributed by atoms with Crippen LogP contribution in [-0.2, 0) is 4.79 Å². The average Bonchev–Trinajstić information content (AvgIpc) is 2.88. The number of hydrogen-bond acceptors (Lipinski definition) is 3. The van der Waals surface area contributed by atoms with Gasteiger partial charge in [-0.2, -0.15) is 0 Å². The first-order valence-corrected chi connectivity index (χ1v) is 7.85. The van der Waals surface area contributed by atoms with Gasteiger partial charge >= 0.3 is 0 Å². The first-order valence-electron chi connectivity index (χ1n) is 7.85. The maximum atomic E-state index is 11.6. The van der Waals surface area contributed by atoms with Crippen LogP contribution in [0.3, 0.4) is 0 Å².